The lowest BCUT2D eigenvalue weighted by atomic mass is 9.75. The Hall–Kier alpha value is -3.00. The summed E-state index contributed by atoms with van der Waals surface area (Å²) in [5.41, 5.74) is 3.00. The average molecular weight is 316 g/mol. The Kier molecular flexibility index (Phi) is 3.20. The normalized spacial score (nSPS) is 15.7. The van der Waals surface area contributed by atoms with Gasteiger partial charge in [-0.25, -0.2) is 4.52 Å². The molecule has 0 aliphatic heterocycles. The quantitative estimate of drug-likeness (QED) is 0.598. The zero-order chi connectivity index (χ0) is 16.7. The van der Waals surface area contributed by atoms with Crippen molar-refractivity contribution in [2.24, 2.45) is 5.41 Å². The van der Waals surface area contributed by atoms with Crippen LogP contribution in [0.5, 0.6) is 0 Å². The van der Waals surface area contributed by atoms with Crippen LogP contribution in [0.25, 0.3) is 5.65 Å². The van der Waals surface area contributed by atoms with Crippen LogP contribution in [-0.4, -0.2) is 25.4 Å². The highest BCUT2D eigenvalue weighted by atomic mass is 16.1. The summed E-state index contributed by atoms with van der Waals surface area (Å²) in [4.78, 5) is 21.1. The Bertz CT molecular complexity index is 988. The molecule has 0 spiro atoms. The van der Waals surface area contributed by atoms with Gasteiger partial charge in [-0.15, -0.1) is 5.10 Å². The number of ketones is 1. The third kappa shape index (κ3) is 2.67. The predicted octanol–water partition coefficient (Wildman–Crippen LogP) is 2.68. The SMILES string of the molecule is CC1(C)CC(=O)c2cc(C#Cc3nc4ccccn4n3)cnc2C1. The van der Waals surface area contributed by atoms with E-state index in [0.717, 1.165) is 17.8 Å². The molecule has 0 amide bonds. The van der Waals surface area contributed by atoms with Gasteiger partial charge in [-0.1, -0.05) is 25.8 Å². The number of rotatable bonds is 0. The summed E-state index contributed by atoms with van der Waals surface area (Å²) in [6, 6.07) is 7.50. The van der Waals surface area contributed by atoms with Crippen molar-refractivity contribution < 1.29 is 4.79 Å². The molecular formula is C19H16N4O. The second-order valence-corrected chi connectivity index (χ2v) is 6.85. The third-order valence-corrected chi connectivity index (χ3v) is 4.12. The summed E-state index contributed by atoms with van der Waals surface area (Å²) in [5.74, 6) is 6.55. The van der Waals surface area contributed by atoms with Crippen molar-refractivity contribution in [2.75, 3.05) is 0 Å². The first-order valence-electron chi connectivity index (χ1n) is 7.86. The molecular weight excluding hydrogens is 300 g/mol. The first-order chi connectivity index (χ1) is 11.5. The summed E-state index contributed by atoms with van der Waals surface area (Å²) in [7, 11) is 0. The molecule has 0 saturated carbocycles. The Balaban J connectivity index is 1.67. The van der Waals surface area contributed by atoms with Gasteiger partial charge in [-0.05, 0) is 36.0 Å². The van der Waals surface area contributed by atoms with Gasteiger partial charge in [-0.3, -0.25) is 9.78 Å². The first kappa shape index (κ1) is 14.6. The van der Waals surface area contributed by atoms with Crippen molar-refractivity contribution in [3.63, 3.8) is 0 Å². The zero-order valence-electron chi connectivity index (χ0n) is 13.6. The van der Waals surface area contributed by atoms with E-state index in [2.05, 4.69) is 40.8 Å². The molecule has 0 saturated heterocycles. The fourth-order valence-corrected chi connectivity index (χ4v) is 3.00. The molecule has 1 aliphatic rings. The van der Waals surface area contributed by atoms with Crippen molar-refractivity contribution in [1.82, 2.24) is 19.6 Å². The van der Waals surface area contributed by atoms with Crippen LogP contribution in [0.15, 0.2) is 36.7 Å². The lowest BCUT2D eigenvalue weighted by Gasteiger charge is -2.29. The Morgan fingerprint density at radius 3 is 2.92 bits per heavy atom. The van der Waals surface area contributed by atoms with Gasteiger partial charge in [0.1, 0.15) is 0 Å². The predicted molar refractivity (Wildman–Crippen MR) is 89.6 cm³/mol. The largest absolute Gasteiger partial charge is 0.294 e. The monoisotopic (exact) mass is 316 g/mol. The van der Waals surface area contributed by atoms with Gasteiger partial charge in [-0.2, -0.15) is 4.98 Å². The lowest BCUT2D eigenvalue weighted by molar-refractivity contribution is 0.0910. The topological polar surface area (TPSA) is 60.2 Å². The van der Waals surface area contributed by atoms with Gasteiger partial charge >= 0.3 is 0 Å². The molecule has 1 aliphatic carbocycles. The highest BCUT2D eigenvalue weighted by molar-refractivity contribution is 5.98. The van der Waals surface area contributed by atoms with E-state index in [9.17, 15) is 4.79 Å². The van der Waals surface area contributed by atoms with Crippen LogP contribution < -0.4 is 0 Å². The first-order valence-corrected chi connectivity index (χ1v) is 7.86. The zero-order valence-corrected chi connectivity index (χ0v) is 13.6. The summed E-state index contributed by atoms with van der Waals surface area (Å²) in [6.07, 6.45) is 4.91. The van der Waals surface area contributed by atoms with Crippen LogP contribution in [0.1, 0.15) is 47.7 Å². The number of hydrogen-bond donors (Lipinski definition) is 0. The van der Waals surface area contributed by atoms with E-state index in [1.54, 1.807) is 10.7 Å². The summed E-state index contributed by atoms with van der Waals surface area (Å²) in [6.45, 7) is 4.19. The molecule has 0 bridgehead atoms. The number of carbonyl (C=O) groups excluding carboxylic acids is 1. The Morgan fingerprint density at radius 1 is 1.21 bits per heavy atom. The summed E-state index contributed by atoms with van der Waals surface area (Å²) >= 11 is 0. The second-order valence-electron chi connectivity index (χ2n) is 6.85. The van der Waals surface area contributed by atoms with Crippen molar-refractivity contribution in [2.45, 2.75) is 26.7 Å². The van der Waals surface area contributed by atoms with E-state index in [-0.39, 0.29) is 11.2 Å². The molecule has 0 unspecified atom stereocenters. The van der Waals surface area contributed by atoms with Gasteiger partial charge in [0.25, 0.3) is 0 Å². The van der Waals surface area contributed by atoms with E-state index in [1.807, 2.05) is 30.5 Å². The second kappa shape index (κ2) is 5.27. The van der Waals surface area contributed by atoms with Crippen molar-refractivity contribution in [3.8, 4) is 11.8 Å². The average Bonchev–Trinajstić information content (AvgIpc) is 2.95. The number of aromatic nitrogens is 4. The van der Waals surface area contributed by atoms with Crippen molar-refractivity contribution in [3.05, 3.63) is 59.3 Å². The minimum Gasteiger partial charge on any atom is -0.294 e. The van der Waals surface area contributed by atoms with E-state index < -0.39 is 0 Å². The number of nitrogens with zero attached hydrogens (tertiary/aromatic N) is 4. The summed E-state index contributed by atoms with van der Waals surface area (Å²) < 4.78 is 1.68. The molecule has 5 heteroatoms. The number of carbonyl (C=O) groups is 1. The fourth-order valence-electron chi connectivity index (χ4n) is 3.00. The maximum Gasteiger partial charge on any atom is 0.226 e. The standard InChI is InChI=1S/C19H16N4O/c1-19(2)10-15-14(16(24)11-19)9-13(12-20-15)6-7-17-21-18-5-3-4-8-23(18)22-17/h3-5,8-9,12H,10-11H2,1-2H3. The highest BCUT2D eigenvalue weighted by Crippen LogP contribution is 2.33. The van der Waals surface area contributed by atoms with Gasteiger partial charge in [0.15, 0.2) is 11.4 Å². The van der Waals surface area contributed by atoms with Gasteiger partial charge in [0.2, 0.25) is 5.82 Å². The number of hydrogen-bond acceptors (Lipinski definition) is 4. The maximum atomic E-state index is 12.3. The molecule has 0 radical (unpaired) electrons. The minimum atomic E-state index is -0.0231. The lowest BCUT2D eigenvalue weighted by Crippen LogP contribution is -2.27. The smallest absolute Gasteiger partial charge is 0.226 e. The fraction of sp³-hybridized carbons (Fsp3) is 0.263. The van der Waals surface area contributed by atoms with E-state index in [4.69, 9.17) is 0 Å². The van der Waals surface area contributed by atoms with Crippen LogP contribution in [0.3, 0.4) is 0 Å². The van der Waals surface area contributed by atoms with Crippen LogP contribution in [0.2, 0.25) is 0 Å². The molecule has 24 heavy (non-hydrogen) atoms. The van der Waals surface area contributed by atoms with Crippen molar-refractivity contribution in [1.29, 1.82) is 0 Å². The van der Waals surface area contributed by atoms with Gasteiger partial charge in [0, 0.05) is 29.9 Å². The Labute approximate surface area is 139 Å². The summed E-state index contributed by atoms with van der Waals surface area (Å²) in [5, 5.41) is 4.29. The van der Waals surface area contributed by atoms with Gasteiger partial charge < -0.3 is 0 Å². The van der Waals surface area contributed by atoms with Gasteiger partial charge in [0.05, 0.1) is 5.69 Å². The van der Waals surface area contributed by atoms with Crippen LogP contribution >= 0.6 is 0 Å². The molecule has 3 aromatic heterocycles. The van der Waals surface area contributed by atoms with Crippen LogP contribution in [-0.2, 0) is 6.42 Å². The molecule has 3 aromatic rings. The maximum absolute atomic E-state index is 12.3. The molecule has 4 rings (SSSR count). The Morgan fingerprint density at radius 2 is 2.08 bits per heavy atom. The van der Waals surface area contributed by atoms with Crippen LogP contribution in [0, 0.1) is 17.3 Å². The highest BCUT2D eigenvalue weighted by Gasteiger charge is 2.31. The molecule has 0 N–H and O–H groups in total. The van der Waals surface area contributed by atoms with E-state index >= 15 is 0 Å². The van der Waals surface area contributed by atoms with E-state index in [0.29, 0.717) is 23.4 Å². The molecule has 5 nitrogen and oxygen atoms in total. The number of pyridine rings is 2. The molecule has 0 atom stereocenters. The molecule has 0 aromatic carbocycles. The molecule has 3 heterocycles. The third-order valence-electron chi connectivity index (χ3n) is 4.12. The van der Waals surface area contributed by atoms with Crippen LogP contribution in [0.4, 0.5) is 0 Å². The number of Topliss-reactive ketones (excluding diaryl/α,β-unsaturated/α-hetero) is 1. The van der Waals surface area contributed by atoms with E-state index in [1.165, 1.54) is 0 Å². The minimum absolute atomic E-state index is 0.0231. The molecule has 118 valence electrons. The van der Waals surface area contributed by atoms with Crippen molar-refractivity contribution >= 4 is 11.4 Å². The number of fused-ring (bicyclic) bond motifs is 2. The molecule has 0 fully saturated rings.